The van der Waals surface area contributed by atoms with Crippen molar-refractivity contribution in [3.05, 3.63) is 35.9 Å². The number of nitrogens with zero attached hydrogens (tertiary/aromatic N) is 1. The van der Waals surface area contributed by atoms with Crippen LogP contribution in [0.5, 0.6) is 0 Å². The van der Waals surface area contributed by atoms with Gasteiger partial charge in [0.1, 0.15) is 6.10 Å². The summed E-state index contributed by atoms with van der Waals surface area (Å²) < 4.78 is 4.42. The van der Waals surface area contributed by atoms with Crippen LogP contribution in [-0.2, 0) is 9.53 Å². The first-order valence-electron chi connectivity index (χ1n) is 6.31. The minimum atomic E-state index is -1.48. The van der Waals surface area contributed by atoms with E-state index < -0.39 is 18.2 Å². The van der Waals surface area contributed by atoms with Crippen molar-refractivity contribution < 1.29 is 19.7 Å². The summed E-state index contributed by atoms with van der Waals surface area (Å²) in [5.41, 5.74) is 1.14. The molecule has 1 aliphatic rings. The van der Waals surface area contributed by atoms with E-state index >= 15 is 0 Å². The van der Waals surface area contributed by atoms with Crippen LogP contribution >= 0.6 is 0 Å². The molecule has 2 rings (SSSR count). The predicted molar refractivity (Wildman–Crippen MR) is 69.4 cm³/mol. The molecule has 0 aromatic heterocycles. The maximum Gasteiger partial charge on any atom is 0.337 e. The second-order valence-electron chi connectivity index (χ2n) is 4.81. The topological polar surface area (TPSA) is 69.8 Å². The number of carbonyl (C=O) groups is 1. The Morgan fingerprint density at radius 1 is 1.37 bits per heavy atom. The van der Waals surface area contributed by atoms with Gasteiger partial charge in [-0.3, -0.25) is 4.90 Å². The molecule has 1 heterocycles. The number of esters is 1. The molecule has 2 unspecified atom stereocenters. The molecule has 1 saturated heterocycles. The predicted octanol–water partition coefficient (Wildman–Crippen LogP) is 0.327. The van der Waals surface area contributed by atoms with E-state index in [1.54, 1.807) is 0 Å². The van der Waals surface area contributed by atoms with E-state index in [0.717, 1.165) is 5.56 Å². The maximum absolute atomic E-state index is 11.2. The molecular weight excluding hydrogens is 246 g/mol. The Bertz CT molecular complexity index is 436. The molecule has 0 bridgehead atoms. The van der Waals surface area contributed by atoms with Crippen LogP contribution in [0.25, 0.3) is 0 Å². The molecule has 5 heteroatoms. The van der Waals surface area contributed by atoms with E-state index in [1.807, 2.05) is 42.2 Å². The Kier molecular flexibility index (Phi) is 4.19. The van der Waals surface area contributed by atoms with E-state index in [0.29, 0.717) is 6.54 Å². The summed E-state index contributed by atoms with van der Waals surface area (Å²) in [6.07, 6.45) is -2.60. The fourth-order valence-corrected chi connectivity index (χ4v) is 2.31. The summed E-state index contributed by atoms with van der Waals surface area (Å²) in [5.74, 6) is -0.799. The first-order chi connectivity index (χ1) is 9.06. The van der Waals surface area contributed by atoms with Crippen molar-refractivity contribution in [2.24, 2.45) is 0 Å². The lowest BCUT2D eigenvalue weighted by Gasteiger charge is -2.19. The third-order valence-electron chi connectivity index (χ3n) is 3.63. The SMILES string of the molecule is COC(=O)[C@@H](O)[C@@H](O)C1CN1[C@H](C)c1ccccc1. The van der Waals surface area contributed by atoms with Gasteiger partial charge in [0.05, 0.1) is 13.2 Å². The number of benzene rings is 1. The van der Waals surface area contributed by atoms with Crippen molar-refractivity contribution in [1.82, 2.24) is 4.90 Å². The summed E-state index contributed by atoms with van der Waals surface area (Å²) in [6, 6.07) is 9.85. The number of rotatable bonds is 5. The number of hydrogen-bond donors (Lipinski definition) is 2. The Morgan fingerprint density at radius 2 is 2.00 bits per heavy atom. The number of aliphatic hydroxyl groups excluding tert-OH is 2. The van der Waals surface area contributed by atoms with E-state index in [4.69, 9.17) is 0 Å². The average molecular weight is 265 g/mol. The van der Waals surface area contributed by atoms with Gasteiger partial charge in [-0.2, -0.15) is 0 Å². The van der Waals surface area contributed by atoms with Gasteiger partial charge in [-0.1, -0.05) is 30.3 Å². The molecule has 1 fully saturated rings. The molecule has 5 atom stereocenters. The lowest BCUT2D eigenvalue weighted by atomic mass is 10.1. The minimum Gasteiger partial charge on any atom is -0.467 e. The van der Waals surface area contributed by atoms with Crippen LogP contribution in [0.15, 0.2) is 30.3 Å². The molecule has 19 heavy (non-hydrogen) atoms. The van der Waals surface area contributed by atoms with Gasteiger partial charge in [0.25, 0.3) is 0 Å². The van der Waals surface area contributed by atoms with Crippen LogP contribution in [0.3, 0.4) is 0 Å². The molecule has 2 N–H and O–H groups in total. The second kappa shape index (κ2) is 5.69. The fraction of sp³-hybridized carbons (Fsp3) is 0.500. The highest BCUT2D eigenvalue weighted by Gasteiger charge is 2.47. The van der Waals surface area contributed by atoms with Crippen molar-refractivity contribution in [1.29, 1.82) is 0 Å². The summed E-state index contributed by atoms with van der Waals surface area (Å²) in [6.45, 7) is 2.69. The largest absolute Gasteiger partial charge is 0.467 e. The standard InChI is InChI=1S/C14H19NO4/c1-9(10-6-4-3-5-7-10)15-8-11(15)12(16)13(17)14(18)19-2/h3-7,9,11-13,16-17H,8H2,1-2H3/t9-,11?,12+,13+,15?/m1/s1. The molecule has 1 aromatic rings. The van der Waals surface area contributed by atoms with Crippen LogP contribution in [0, 0.1) is 0 Å². The molecule has 1 aliphatic heterocycles. The molecule has 1 aromatic carbocycles. The van der Waals surface area contributed by atoms with Crippen molar-refractivity contribution in [3.8, 4) is 0 Å². The van der Waals surface area contributed by atoms with Crippen LogP contribution < -0.4 is 0 Å². The highest BCUT2D eigenvalue weighted by atomic mass is 16.5. The third kappa shape index (κ3) is 2.94. The number of methoxy groups -OCH3 is 1. The average Bonchev–Trinajstić information content (AvgIpc) is 3.25. The molecule has 0 amide bonds. The molecule has 0 spiro atoms. The van der Waals surface area contributed by atoms with Gasteiger partial charge in [0, 0.05) is 12.6 Å². The van der Waals surface area contributed by atoms with Gasteiger partial charge in [-0.05, 0) is 12.5 Å². The van der Waals surface area contributed by atoms with Crippen LogP contribution in [-0.4, -0.2) is 53.0 Å². The summed E-state index contributed by atoms with van der Waals surface area (Å²) >= 11 is 0. The number of carbonyl (C=O) groups excluding carboxylic acids is 1. The second-order valence-corrected chi connectivity index (χ2v) is 4.81. The van der Waals surface area contributed by atoms with Gasteiger partial charge in [-0.15, -0.1) is 0 Å². The zero-order chi connectivity index (χ0) is 14.0. The third-order valence-corrected chi connectivity index (χ3v) is 3.63. The first-order valence-corrected chi connectivity index (χ1v) is 6.31. The minimum absolute atomic E-state index is 0.144. The number of aliphatic hydroxyl groups is 2. The van der Waals surface area contributed by atoms with Crippen molar-refractivity contribution in [2.45, 2.75) is 31.2 Å². The summed E-state index contributed by atoms with van der Waals surface area (Å²) in [4.78, 5) is 13.2. The van der Waals surface area contributed by atoms with Crippen molar-refractivity contribution >= 4 is 5.97 Å². The lowest BCUT2D eigenvalue weighted by molar-refractivity contribution is -0.156. The summed E-state index contributed by atoms with van der Waals surface area (Å²) in [5, 5.41) is 19.5. The van der Waals surface area contributed by atoms with Gasteiger partial charge in [0.15, 0.2) is 6.10 Å². The van der Waals surface area contributed by atoms with Crippen LogP contribution in [0.1, 0.15) is 18.5 Å². The monoisotopic (exact) mass is 265 g/mol. The summed E-state index contributed by atoms with van der Waals surface area (Å²) in [7, 11) is 1.19. The van der Waals surface area contributed by atoms with Gasteiger partial charge in [0.2, 0.25) is 0 Å². The zero-order valence-corrected chi connectivity index (χ0v) is 11.1. The Balaban J connectivity index is 1.95. The lowest BCUT2D eigenvalue weighted by Crippen LogP contribution is -2.39. The zero-order valence-electron chi connectivity index (χ0n) is 11.1. The highest BCUT2D eigenvalue weighted by molar-refractivity contribution is 5.75. The van der Waals surface area contributed by atoms with Crippen molar-refractivity contribution in [3.63, 3.8) is 0 Å². The first kappa shape index (κ1) is 14.0. The molecule has 0 radical (unpaired) electrons. The highest BCUT2D eigenvalue weighted by Crippen LogP contribution is 2.34. The Labute approximate surface area is 112 Å². The van der Waals surface area contributed by atoms with Gasteiger partial charge in [-0.25, -0.2) is 4.79 Å². The fourth-order valence-electron chi connectivity index (χ4n) is 2.31. The maximum atomic E-state index is 11.2. The molecule has 0 saturated carbocycles. The molecule has 0 aliphatic carbocycles. The van der Waals surface area contributed by atoms with E-state index in [1.165, 1.54) is 7.11 Å². The number of ether oxygens (including phenoxy) is 1. The van der Waals surface area contributed by atoms with Gasteiger partial charge >= 0.3 is 5.97 Å². The van der Waals surface area contributed by atoms with Gasteiger partial charge < -0.3 is 14.9 Å². The smallest absolute Gasteiger partial charge is 0.337 e. The molecule has 104 valence electrons. The van der Waals surface area contributed by atoms with E-state index in [-0.39, 0.29) is 12.1 Å². The molecular formula is C14H19NO4. The quantitative estimate of drug-likeness (QED) is 0.593. The van der Waals surface area contributed by atoms with Crippen LogP contribution in [0.4, 0.5) is 0 Å². The van der Waals surface area contributed by atoms with Crippen molar-refractivity contribution in [2.75, 3.05) is 13.7 Å². The van der Waals surface area contributed by atoms with E-state index in [9.17, 15) is 15.0 Å². The normalized spacial score (nSPS) is 26.3. The Morgan fingerprint density at radius 3 is 2.58 bits per heavy atom. The van der Waals surface area contributed by atoms with E-state index in [2.05, 4.69) is 4.74 Å². The van der Waals surface area contributed by atoms with Crippen LogP contribution in [0.2, 0.25) is 0 Å². The molecule has 5 nitrogen and oxygen atoms in total. The Hall–Kier alpha value is -1.43. The number of hydrogen-bond acceptors (Lipinski definition) is 5.